The van der Waals surface area contributed by atoms with Crippen molar-refractivity contribution < 1.29 is 33.0 Å². The SMILES string of the molecule is COc1cc2c(c3c1OCOC3)C[C@H]1c3c(cc4c(c3OC)OCO4)CC[N+]1=C2. The maximum Gasteiger partial charge on any atom is 0.231 e. The van der Waals surface area contributed by atoms with Crippen molar-refractivity contribution >= 4 is 6.21 Å². The fourth-order valence-corrected chi connectivity index (χ4v) is 4.99. The monoisotopic (exact) mass is 396 g/mol. The predicted molar refractivity (Wildman–Crippen MR) is 103 cm³/mol. The average molecular weight is 396 g/mol. The van der Waals surface area contributed by atoms with Crippen LogP contribution < -0.4 is 23.7 Å². The molecule has 7 heteroatoms. The Bertz CT molecular complexity index is 1060. The molecular weight excluding hydrogens is 374 g/mol. The first-order valence-electron chi connectivity index (χ1n) is 9.81. The lowest BCUT2D eigenvalue weighted by Crippen LogP contribution is -2.34. The lowest BCUT2D eigenvalue weighted by molar-refractivity contribution is -0.573. The van der Waals surface area contributed by atoms with E-state index in [0.717, 1.165) is 53.5 Å². The van der Waals surface area contributed by atoms with Crippen LogP contribution in [0.25, 0.3) is 0 Å². The largest absolute Gasteiger partial charge is 0.493 e. The van der Waals surface area contributed by atoms with Crippen LogP contribution in [0.5, 0.6) is 28.7 Å². The minimum atomic E-state index is 0.162. The summed E-state index contributed by atoms with van der Waals surface area (Å²) in [5, 5.41) is 0. The molecule has 4 aliphatic heterocycles. The van der Waals surface area contributed by atoms with E-state index in [2.05, 4.69) is 22.9 Å². The van der Waals surface area contributed by atoms with Gasteiger partial charge < -0.3 is 28.4 Å². The van der Waals surface area contributed by atoms with Gasteiger partial charge in [-0.15, -0.1) is 0 Å². The zero-order valence-corrected chi connectivity index (χ0v) is 16.4. The molecule has 150 valence electrons. The standard InChI is InChI=1S/C22H22NO6/c1-24-17-6-13-8-23-4-3-12-5-18-21(29-11-27-18)22(25-2)19(12)16(23)7-14(13)15-9-26-10-28-20(15)17/h5-6,8,16H,3-4,7,9-11H2,1-2H3/q+1/t16-/m0/s1. The van der Waals surface area contributed by atoms with Crippen LogP contribution in [0.15, 0.2) is 12.1 Å². The Morgan fingerprint density at radius 2 is 1.90 bits per heavy atom. The zero-order valence-electron chi connectivity index (χ0n) is 16.4. The van der Waals surface area contributed by atoms with Crippen LogP contribution in [0.2, 0.25) is 0 Å². The van der Waals surface area contributed by atoms with Gasteiger partial charge in [0.15, 0.2) is 42.0 Å². The molecule has 0 amide bonds. The molecule has 0 N–H and O–H groups in total. The summed E-state index contributed by atoms with van der Waals surface area (Å²) in [5.74, 6) is 3.83. The minimum Gasteiger partial charge on any atom is -0.493 e. The van der Waals surface area contributed by atoms with Crippen LogP contribution in [0.4, 0.5) is 0 Å². The molecule has 0 radical (unpaired) electrons. The Kier molecular flexibility index (Phi) is 3.68. The molecule has 0 saturated heterocycles. The number of benzene rings is 2. The molecule has 6 rings (SSSR count). The van der Waals surface area contributed by atoms with E-state index in [1.807, 2.05) is 0 Å². The molecule has 4 aliphatic rings. The van der Waals surface area contributed by atoms with Crippen molar-refractivity contribution in [2.45, 2.75) is 25.5 Å². The molecule has 0 fully saturated rings. The van der Waals surface area contributed by atoms with Crippen LogP contribution in [-0.4, -0.2) is 45.1 Å². The molecule has 1 atom stereocenters. The number of nitrogens with zero attached hydrogens (tertiary/aromatic N) is 1. The van der Waals surface area contributed by atoms with Crippen LogP contribution in [0.1, 0.15) is 33.9 Å². The summed E-state index contributed by atoms with van der Waals surface area (Å²) < 4.78 is 36.6. The van der Waals surface area contributed by atoms with E-state index in [9.17, 15) is 0 Å². The lowest BCUT2D eigenvalue weighted by atomic mass is 9.83. The van der Waals surface area contributed by atoms with Gasteiger partial charge in [-0.3, -0.25) is 0 Å². The molecule has 7 nitrogen and oxygen atoms in total. The van der Waals surface area contributed by atoms with Crippen LogP contribution in [0.3, 0.4) is 0 Å². The summed E-state index contributed by atoms with van der Waals surface area (Å²) in [7, 11) is 3.38. The number of ether oxygens (including phenoxy) is 6. The third kappa shape index (κ3) is 2.37. The third-order valence-corrected chi connectivity index (χ3v) is 6.27. The molecule has 2 aromatic carbocycles. The van der Waals surface area contributed by atoms with Gasteiger partial charge in [0.1, 0.15) is 6.54 Å². The van der Waals surface area contributed by atoms with Crippen molar-refractivity contribution in [3.05, 3.63) is 39.9 Å². The highest BCUT2D eigenvalue weighted by Crippen LogP contribution is 2.51. The van der Waals surface area contributed by atoms with Crippen LogP contribution in [0, 0.1) is 0 Å². The zero-order chi connectivity index (χ0) is 19.5. The normalized spacial score (nSPS) is 20.5. The van der Waals surface area contributed by atoms with Crippen molar-refractivity contribution in [3.8, 4) is 28.7 Å². The Morgan fingerprint density at radius 3 is 2.76 bits per heavy atom. The van der Waals surface area contributed by atoms with E-state index in [1.165, 1.54) is 16.7 Å². The highest BCUT2D eigenvalue weighted by molar-refractivity contribution is 5.82. The van der Waals surface area contributed by atoms with Gasteiger partial charge in [0.2, 0.25) is 12.5 Å². The number of fused-ring (bicyclic) bond motifs is 7. The van der Waals surface area contributed by atoms with Crippen molar-refractivity contribution in [3.63, 3.8) is 0 Å². The van der Waals surface area contributed by atoms with Crippen LogP contribution in [-0.2, 0) is 24.2 Å². The second-order valence-electron chi connectivity index (χ2n) is 7.62. The van der Waals surface area contributed by atoms with Gasteiger partial charge in [0, 0.05) is 24.0 Å². The van der Waals surface area contributed by atoms with E-state index < -0.39 is 0 Å². The molecule has 29 heavy (non-hydrogen) atoms. The molecule has 0 aliphatic carbocycles. The first kappa shape index (κ1) is 17.0. The summed E-state index contributed by atoms with van der Waals surface area (Å²) in [6, 6.07) is 4.35. The quantitative estimate of drug-likeness (QED) is 0.728. The van der Waals surface area contributed by atoms with Crippen molar-refractivity contribution in [2.75, 3.05) is 34.4 Å². The Morgan fingerprint density at radius 1 is 1.00 bits per heavy atom. The second-order valence-corrected chi connectivity index (χ2v) is 7.62. The minimum absolute atomic E-state index is 0.162. The molecule has 0 aromatic heterocycles. The molecular formula is C22H22NO6+. The summed E-state index contributed by atoms with van der Waals surface area (Å²) in [5.41, 5.74) is 5.93. The van der Waals surface area contributed by atoms with E-state index >= 15 is 0 Å². The Balaban J connectivity index is 1.53. The van der Waals surface area contributed by atoms with Gasteiger partial charge in [0.05, 0.1) is 26.4 Å². The van der Waals surface area contributed by atoms with Crippen molar-refractivity contribution in [2.24, 2.45) is 0 Å². The van der Waals surface area contributed by atoms with Crippen molar-refractivity contribution in [1.82, 2.24) is 0 Å². The van der Waals surface area contributed by atoms with E-state index in [1.54, 1.807) is 14.2 Å². The molecule has 0 unspecified atom stereocenters. The van der Waals surface area contributed by atoms with Gasteiger partial charge in [0.25, 0.3) is 0 Å². The Hall–Kier alpha value is -2.93. The number of methoxy groups -OCH3 is 2. The summed E-state index contributed by atoms with van der Waals surface area (Å²) in [4.78, 5) is 0. The van der Waals surface area contributed by atoms with Crippen LogP contribution >= 0.6 is 0 Å². The second kappa shape index (κ2) is 6.29. The maximum absolute atomic E-state index is 5.83. The molecule has 2 aromatic rings. The highest BCUT2D eigenvalue weighted by atomic mass is 16.7. The van der Waals surface area contributed by atoms with Gasteiger partial charge in [-0.1, -0.05) is 0 Å². The smallest absolute Gasteiger partial charge is 0.231 e. The van der Waals surface area contributed by atoms with E-state index in [0.29, 0.717) is 12.4 Å². The average Bonchev–Trinajstić information content (AvgIpc) is 3.24. The number of hydrogen-bond donors (Lipinski definition) is 0. The fraction of sp³-hybridized carbons (Fsp3) is 0.409. The van der Waals surface area contributed by atoms with Gasteiger partial charge in [-0.25, -0.2) is 4.58 Å². The van der Waals surface area contributed by atoms with E-state index in [-0.39, 0.29) is 19.6 Å². The van der Waals surface area contributed by atoms with Gasteiger partial charge in [-0.2, -0.15) is 0 Å². The summed E-state index contributed by atoms with van der Waals surface area (Å²) >= 11 is 0. The molecule has 0 saturated carbocycles. The number of hydrogen-bond acceptors (Lipinski definition) is 6. The maximum atomic E-state index is 5.83. The fourth-order valence-electron chi connectivity index (χ4n) is 4.99. The van der Waals surface area contributed by atoms with Gasteiger partial charge >= 0.3 is 0 Å². The van der Waals surface area contributed by atoms with Crippen molar-refractivity contribution in [1.29, 1.82) is 0 Å². The summed E-state index contributed by atoms with van der Waals surface area (Å²) in [6.45, 7) is 1.95. The first-order valence-corrected chi connectivity index (χ1v) is 9.81. The topological polar surface area (TPSA) is 58.4 Å². The summed E-state index contributed by atoms with van der Waals surface area (Å²) in [6.07, 6.45) is 4.00. The molecule has 4 heterocycles. The third-order valence-electron chi connectivity index (χ3n) is 6.27. The number of rotatable bonds is 2. The highest BCUT2D eigenvalue weighted by Gasteiger charge is 2.41. The van der Waals surface area contributed by atoms with Gasteiger partial charge in [-0.05, 0) is 23.3 Å². The molecule has 0 bridgehead atoms. The molecule has 0 spiro atoms. The predicted octanol–water partition coefficient (Wildman–Crippen LogP) is 2.58. The van der Waals surface area contributed by atoms with E-state index in [4.69, 9.17) is 28.4 Å². The lowest BCUT2D eigenvalue weighted by Gasteiger charge is -2.31. The Labute approximate surface area is 168 Å². The first-order chi connectivity index (χ1) is 14.3.